The minimum atomic E-state index is -1.09. The number of hydrogen-bond acceptors (Lipinski definition) is 8. The van der Waals surface area contributed by atoms with Crippen LogP contribution in [0.25, 0.3) is 22.2 Å². The molecule has 0 unspecified atom stereocenters. The number of morpholine rings is 1. The number of hydrogen-bond donors (Lipinski definition) is 3. The van der Waals surface area contributed by atoms with Crippen molar-refractivity contribution in [3.05, 3.63) is 63.7 Å². The van der Waals surface area contributed by atoms with E-state index in [1.807, 2.05) is 4.90 Å². The third-order valence-electron chi connectivity index (χ3n) is 6.34. The fourth-order valence-corrected chi connectivity index (χ4v) is 4.53. The third-order valence-corrected chi connectivity index (χ3v) is 6.64. The number of halogens is 2. The van der Waals surface area contributed by atoms with Crippen LogP contribution in [-0.2, 0) is 23.1 Å². The Balaban J connectivity index is 1.51. The SMILES string of the molecule is Cn1cnc2c(c(-c3cc(F)c(O)c(C(N)=O)c3)cn2CC(=O)Nc2cc(N3CCOCC3)ncc2Cl)c1=O. The number of anilines is 2. The Morgan fingerprint density at radius 2 is 1.97 bits per heavy atom. The van der Waals surface area contributed by atoms with E-state index in [1.54, 1.807) is 6.07 Å². The number of benzene rings is 1. The van der Waals surface area contributed by atoms with Crippen LogP contribution in [0.4, 0.5) is 15.9 Å². The molecule has 1 aliphatic heterocycles. The molecule has 1 aromatic carbocycles. The number of ether oxygens (including phenoxy) is 1. The Hall–Kier alpha value is -4.49. The predicted octanol–water partition coefficient (Wildman–Crippen LogP) is 1.87. The molecule has 12 nitrogen and oxygen atoms in total. The molecule has 0 saturated carbocycles. The van der Waals surface area contributed by atoms with Gasteiger partial charge < -0.3 is 34.9 Å². The summed E-state index contributed by atoms with van der Waals surface area (Å²) >= 11 is 6.29. The topological polar surface area (TPSA) is 158 Å². The molecule has 1 saturated heterocycles. The van der Waals surface area contributed by atoms with Crippen molar-refractivity contribution < 1.29 is 23.8 Å². The first-order chi connectivity index (χ1) is 18.6. The number of aryl methyl sites for hydroxylation is 1. The molecule has 0 atom stereocenters. The van der Waals surface area contributed by atoms with E-state index >= 15 is 0 Å². The van der Waals surface area contributed by atoms with Gasteiger partial charge in [0.05, 0.1) is 47.4 Å². The van der Waals surface area contributed by atoms with E-state index in [0.717, 1.165) is 6.07 Å². The number of aromatic nitrogens is 4. The van der Waals surface area contributed by atoms with Gasteiger partial charge in [-0.05, 0) is 17.7 Å². The van der Waals surface area contributed by atoms with Crippen molar-refractivity contribution in [2.75, 3.05) is 36.5 Å². The van der Waals surface area contributed by atoms with Crippen molar-refractivity contribution in [1.29, 1.82) is 0 Å². The van der Waals surface area contributed by atoms with Gasteiger partial charge in [0.15, 0.2) is 11.6 Å². The maximum Gasteiger partial charge on any atom is 0.263 e. The van der Waals surface area contributed by atoms with Crippen LogP contribution in [0.2, 0.25) is 5.02 Å². The number of nitrogens with one attached hydrogen (secondary N) is 1. The second-order valence-corrected chi connectivity index (χ2v) is 9.33. The number of fused-ring (bicyclic) bond motifs is 1. The van der Waals surface area contributed by atoms with Gasteiger partial charge in [0.2, 0.25) is 5.91 Å². The average molecular weight is 556 g/mol. The van der Waals surface area contributed by atoms with E-state index in [-0.39, 0.29) is 33.7 Å². The standard InChI is InChI=1S/C25H23ClFN7O5/c1-32-12-30-24-21(25(32)38)15(13-6-14(23(28)37)22(36)17(27)7-13)10-34(24)11-20(35)31-18-8-19(29-9-16(18)26)33-2-4-39-5-3-33/h6-10,12,36H,2-5,11H2,1H3,(H2,28,37)(H,29,31,35). The maximum absolute atomic E-state index is 14.5. The monoisotopic (exact) mass is 555 g/mol. The van der Waals surface area contributed by atoms with Crippen molar-refractivity contribution in [1.82, 2.24) is 19.1 Å². The number of carbonyl (C=O) groups is 2. The Morgan fingerprint density at radius 1 is 1.23 bits per heavy atom. The highest BCUT2D eigenvalue weighted by molar-refractivity contribution is 6.33. The number of phenols is 1. The Labute approximate surface area is 225 Å². The van der Waals surface area contributed by atoms with Crippen LogP contribution < -0.4 is 21.5 Å². The molecule has 4 heterocycles. The quantitative estimate of drug-likeness (QED) is 0.325. The van der Waals surface area contributed by atoms with E-state index in [0.29, 0.717) is 37.8 Å². The number of primary amides is 1. The number of nitrogens with two attached hydrogens (primary N) is 1. The number of pyridine rings is 1. The maximum atomic E-state index is 14.5. The van der Waals surface area contributed by atoms with E-state index in [9.17, 15) is 23.9 Å². The highest BCUT2D eigenvalue weighted by atomic mass is 35.5. The first-order valence-electron chi connectivity index (χ1n) is 11.8. The van der Waals surface area contributed by atoms with Gasteiger partial charge in [0, 0.05) is 38.0 Å². The van der Waals surface area contributed by atoms with Crippen molar-refractivity contribution in [3.8, 4) is 16.9 Å². The summed E-state index contributed by atoms with van der Waals surface area (Å²) in [6, 6.07) is 3.82. The van der Waals surface area contributed by atoms with E-state index < -0.39 is 34.5 Å². The molecule has 0 bridgehead atoms. The van der Waals surface area contributed by atoms with Gasteiger partial charge in [-0.15, -0.1) is 0 Å². The van der Waals surface area contributed by atoms with Crippen LogP contribution in [0.5, 0.6) is 5.75 Å². The summed E-state index contributed by atoms with van der Waals surface area (Å²) in [6.07, 6.45) is 4.19. The number of carbonyl (C=O) groups excluding carboxylic acids is 2. The lowest BCUT2D eigenvalue weighted by Gasteiger charge is -2.28. The van der Waals surface area contributed by atoms with E-state index in [2.05, 4.69) is 15.3 Å². The molecular formula is C25H23ClFN7O5. The lowest BCUT2D eigenvalue weighted by molar-refractivity contribution is -0.116. The summed E-state index contributed by atoms with van der Waals surface area (Å²) in [5.41, 5.74) is 5.18. The van der Waals surface area contributed by atoms with Gasteiger partial charge in [0.1, 0.15) is 18.0 Å². The number of rotatable bonds is 6. The second-order valence-electron chi connectivity index (χ2n) is 8.92. The first-order valence-corrected chi connectivity index (χ1v) is 12.2. The smallest absolute Gasteiger partial charge is 0.263 e. The van der Waals surface area contributed by atoms with E-state index in [1.165, 1.54) is 41.0 Å². The molecule has 3 aromatic heterocycles. The van der Waals surface area contributed by atoms with Crippen LogP contribution in [0.1, 0.15) is 10.4 Å². The summed E-state index contributed by atoms with van der Waals surface area (Å²) in [7, 11) is 1.49. The van der Waals surface area contributed by atoms with Crippen LogP contribution in [-0.4, -0.2) is 62.3 Å². The molecule has 1 aliphatic rings. The van der Waals surface area contributed by atoms with Gasteiger partial charge in [-0.2, -0.15) is 0 Å². The zero-order chi connectivity index (χ0) is 27.8. The fourth-order valence-electron chi connectivity index (χ4n) is 4.38. The summed E-state index contributed by atoms with van der Waals surface area (Å²) < 4.78 is 22.5. The van der Waals surface area contributed by atoms with Gasteiger partial charge in [-0.25, -0.2) is 14.4 Å². The highest BCUT2D eigenvalue weighted by Gasteiger charge is 2.22. The van der Waals surface area contributed by atoms with Crippen molar-refractivity contribution >= 4 is 46.0 Å². The zero-order valence-electron chi connectivity index (χ0n) is 20.6. The molecule has 14 heteroatoms. The van der Waals surface area contributed by atoms with Gasteiger partial charge in [0.25, 0.3) is 11.5 Å². The largest absolute Gasteiger partial charge is 0.504 e. The van der Waals surface area contributed by atoms with Gasteiger partial charge in [-0.1, -0.05) is 11.6 Å². The Morgan fingerprint density at radius 3 is 2.69 bits per heavy atom. The van der Waals surface area contributed by atoms with Crippen molar-refractivity contribution in [2.45, 2.75) is 6.54 Å². The molecule has 202 valence electrons. The van der Waals surface area contributed by atoms with Crippen LogP contribution in [0.3, 0.4) is 0 Å². The molecule has 2 amide bonds. The highest BCUT2D eigenvalue weighted by Crippen LogP contribution is 2.33. The summed E-state index contributed by atoms with van der Waals surface area (Å²) in [5, 5.41) is 13.0. The van der Waals surface area contributed by atoms with Crippen molar-refractivity contribution in [2.24, 2.45) is 12.8 Å². The zero-order valence-corrected chi connectivity index (χ0v) is 21.4. The number of amides is 2. The lowest BCUT2D eigenvalue weighted by atomic mass is 10.0. The number of nitrogens with zero attached hydrogens (tertiary/aromatic N) is 5. The summed E-state index contributed by atoms with van der Waals surface area (Å²) in [6.45, 7) is 2.15. The molecule has 5 rings (SSSR count). The lowest BCUT2D eigenvalue weighted by Crippen LogP contribution is -2.36. The molecule has 4 N–H and O–H groups in total. The predicted molar refractivity (Wildman–Crippen MR) is 141 cm³/mol. The van der Waals surface area contributed by atoms with Gasteiger partial charge in [-0.3, -0.25) is 14.4 Å². The molecule has 0 radical (unpaired) electrons. The van der Waals surface area contributed by atoms with Gasteiger partial charge >= 0.3 is 0 Å². The second kappa shape index (κ2) is 10.3. The van der Waals surface area contributed by atoms with Crippen LogP contribution in [0.15, 0.2) is 41.7 Å². The molecule has 4 aromatic rings. The van der Waals surface area contributed by atoms with Crippen LogP contribution in [0, 0.1) is 5.82 Å². The Kier molecular flexibility index (Phi) is 6.93. The van der Waals surface area contributed by atoms with E-state index in [4.69, 9.17) is 22.1 Å². The minimum Gasteiger partial charge on any atom is -0.504 e. The van der Waals surface area contributed by atoms with Crippen molar-refractivity contribution in [3.63, 3.8) is 0 Å². The molecule has 0 spiro atoms. The normalized spacial score (nSPS) is 13.6. The third kappa shape index (κ3) is 5.01. The molecular weight excluding hydrogens is 533 g/mol. The average Bonchev–Trinajstić information content (AvgIpc) is 3.28. The molecule has 0 aliphatic carbocycles. The molecule has 1 fully saturated rings. The Bertz CT molecular complexity index is 1680. The van der Waals surface area contributed by atoms with Crippen LogP contribution >= 0.6 is 11.6 Å². The summed E-state index contributed by atoms with van der Waals surface area (Å²) in [4.78, 5) is 48.5. The fraction of sp³-hybridized carbons (Fsp3) is 0.240. The first kappa shape index (κ1) is 26.1. The number of aromatic hydroxyl groups is 1. The summed E-state index contributed by atoms with van der Waals surface area (Å²) in [5.74, 6) is -2.88. The minimum absolute atomic E-state index is 0.0878. The molecule has 39 heavy (non-hydrogen) atoms.